The van der Waals surface area contributed by atoms with Crippen LogP contribution in [0, 0.1) is 6.92 Å². The average Bonchev–Trinajstić information content (AvgIpc) is 3.46. The van der Waals surface area contributed by atoms with Gasteiger partial charge in [0.1, 0.15) is 11.6 Å². The number of H-pyrrole nitrogens is 1. The zero-order valence-corrected chi connectivity index (χ0v) is 17.0. The van der Waals surface area contributed by atoms with Crippen LogP contribution in [0.25, 0.3) is 16.8 Å². The molecule has 2 heterocycles. The molecule has 0 spiro atoms. The molecule has 0 aliphatic heterocycles. The summed E-state index contributed by atoms with van der Waals surface area (Å²) in [7, 11) is 0. The van der Waals surface area contributed by atoms with E-state index in [4.69, 9.17) is 16.7 Å². The second-order valence-electron chi connectivity index (χ2n) is 7.54. The van der Waals surface area contributed by atoms with Crippen LogP contribution in [0.5, 0.6) is 0 Å². The third-order valence-corrected chi connectivity index (χ3v) is 5.64. The quantitative estimate of drug-likeness (QED) is 0.551. The molecule has 31 heavy (non-hydrogen) atoms. The Morgan fingerprint density at radius 3 is 2.71 bits per heavy atom. The number of fused-ring (bicyclic) bond motifs is 1. The van der Waals surface area contributed by atoms with E-state index >= 15 is 0 Å². The number of rotatable bonds is 5. The number of nitrogens with one attached hydrogen (secondary N) is 2. The molecule has 1 unspecified atom stereocenters. The molecule has 11 heteroatoms. The maximum Gasteiger partial charge on any atom is 0.410 e. The Labute approximate surface area is 178 Å². The maximum absolute atomic E-state index is 13.0. The normalized spacial score (nSPS) is 15.3. The maximum atomic E-state index is 13.0. The highest BCUT2D eigenvalue weighted by molar-refractivity contribution is 6.31. The molecule has 3 aromatic rings. The molecular weight excluding hydrogens is 437 g/mol. The van der Waals surface area contributed by atoms with Crippen LogP contribution < -0.4 is 10.9 Å². The SMILES string of the molecule is Cc1ccc(-c2cn3nc(C(=O)NC(CO)C(F)(F)F)c(C4CC4)c3c(=O)[nH]2)cc1Cl. The van der Waals surface area contributed by atoms with Crippen molar-refractivity contribution in [3.8, 4) is 11.3 Å². The molecule has 1 amide bonds. The molecule has 1 saturated carbocycles. The Kier molecular flexibility index (Phi) is 5.30. The van der Waals surface area contributed by atoms with Gasteiger partial charge in [-0.15, -0.1) is 0 Å². The van der Waals surface area contributed by atoms with Gasteiger partial charge < -0.3 is 15.4 Å². The molecule has 1 fully saturated rings. The molecule has 7 nitrogen and oxygen atoms in total. The first-order valence-electron chi connectivity index (χ1n) is 9.50. The number of aryl methyl sites for hydroxylation is 1. The van der Waals surface area contributed by atoms with Crippen molar-refractivity contribution in [1.29, 1.82) is 0 Å². The minimum Gasteiger partial charge on any atom is -0.394 e. The van der Waals surface area contributed by atoms with Crippen LogP contribution >= 0.6 is 11.6 Å². The van der Waals surface area contributed by atoms with Crippen molar-refractivity contribution in [2.75, 3.05) is 6.61 Å². The van der Waals surface area contributed by atoms with Gasteiger partial charge in [-0.1, -0.05) is 23.7 Å². The van der Waals surface area contributed by atoms with Crippen LogP contribution in [0.1, 0.15) is 40.4 Å². The fraction of sp³-hybridized carbons (Fsp3) is 0.350. The number of aliphatic hydroxyl groups excluding tert-OH is 1. The van der Waals surface area contributed by atoms with Gasteiger partial charge in [-0.2, -0.15) is 18.3 Å². The van der Waals surface area contributed by atoms with Gasteiger partial charge in [-0.05, 0) is 37.3 Å². The van der Waals surface area contributed by atoms with Crippen molar-refractivity contribution >= 4 is 23.0 Å². The van der Waals surface area contributed by atoms with Gasteiger partial charge in [0.2, 0.25) is 0 Å². The first-order chi connectivity index (χ1) is 14.6. The lowest BCUT2D eigenvalue weighted by atomic mass is 10.1. The number of carbonyl (C=O) groups is 1. The number of halogens is 4. The monoisotopic (exact) mass is 454 g/mol. The molecule has 1 aliphatic carbocycles. The number of alkyl halides is 3. The molecule has 4 rings (SSSR count). The van der Waals surface area contributed by atoms with Crippen molar-refractivity contribution in [1.82, 2.24) is 19.9 Å². The lowest BCUT2D eigenvalue weighted by molar-refractivity contribution is -0.161. The van der Waals surface area contributed by atoms with E-state index in [1.807, 2.05) is 6.92 Å². The lowest BCUT2D eigenvalue weighted by Crippen LogP contribution is -2.48. The zero-order chi connectivity index (χ0) is 22.5. The minimum atomic E-state index is -4.82. The number of amides is 1. The summed E-state index contributed by atoms with van der Waals surface area (Å²) in [6.45, 7) is 0.527. The van der Waals surface area contributed by atoms with Crippen molar-refractivity contribution in [2.45, 2.75) is 37.9 Å². The summed E-state index contributed by atoms with van der Waals surface area (Å²) < 4.78 is 40.1. The fourth-order valence-electron chi connectivity index (χ4n) is 3.39. The number of hydrogen-bond acceptors (Lipinski definition) is 4. The molecule has 0 saturated heterocycles. The van der Waals surface area contributed by atoms with Crippen molar-refractivity contribution in [3.63, 3.8) is 0 Å². The highest BCUT2D eigenvalue weighted by Gasteiger charge is 2.42. The molecule has 0 radical (unpaired) electrons. The van der Waals surface area contributed by atoms with E-state index in [9.17, 15) is 22.8 Å². The predicted octanol–water partition coefficient (Wildman–Crippen LogP) is 3.18. The summed E-state index contributed by atoms with van der Waals surface area (Å²) in [4.78, 5) is 28.2. The zero-order valence-electron chi connectivity index (χ0n) is 16.3. The lowest BCUT2D eigenvalue weighted by Gasteiger charge is -2.18. The highest BCUT2D eigenvalue weighted by atomic mass is 35.5. The molecule has 1 aromatic carbocycles. The van der Waals surface area contributed by atoms with Crippen LogP contribution in [0.3, 0.4) is 0 Å². The Hall–Kier alpha value is -2.85. The van der Waals surface area contributed by atoms with Crippen LogP contribution in [-0.2, 0) is 0 Å². The Balaban J connectivity index is 1.81. The standard InChI is InChI=1S/C20H18ClF3N4O3/c1-9-2-3-11(6-12(9)21)13-7-28-17(19(31)25-13)15(10-4-5-10)16(27-28)18(30)26-14(8-29)20(22,23)24/h2-3,6-7,10,14,29H,4-5,8H2,1H3,(H,25,31)(H,26,30). The fourth-order valence-corrected chi connectivity index (χ4v) is 3.57. The number of hydrogen-bond donors (Lipinski definition) is 3. The van der Waals surface area contributed by atoms with E-state index in [0.717, 1.165) is 5.56 Å². The van der Waals surface area contributed by atoms with Gasteiger partial charge in [0.25, 0.3) is 11.5 Å². The van der Waals surface area contributed by atoms with E-state index in [1.165, 1.54) is 10.7 Å². The third kappa shape index (κ3) is 4.05. The van der Waals surface area contributed by atoms with Crippen molar-refractivity contribution in [2.24, 2.45) is 0 Å². The van der Waals surface area contributed by atoms with Crippen LogP contribution in [0.15, 0.2) is 29.2 Å². The molecule has 2 aromatic heterocycles. The van der Waals surface area contributed by atoms with Gasteiger partial charge in [0, 0.05) is 16.1 Å². The number of aliphatic hydroxyl groups is 1. The van der Waals surface area contributed by atoms with Crippen LogP contribution in [-0.4, -0.2) is 44.4 Å². The first-order valence-corrected chi connectivity index (χ1v) is 9.88. The van der Waals surface area contributed by atoms with Crippen molar-refractivity contribution < 1.29 is 23.1 Å². The Bertz CT molecular complexity index is 1230. The summed E-state index contributed by atoms with van der Waals surface area (Å²) in [6, 6.07) is 2.78. The molecule has 1 atom stereocenters. The number of benzene rings is 1. The Morgan fingerprint density at radius 1 is 1.42 bits per heavy atom. The largest absolute Gasteiger partial charge is 0.410 e. The summed E-state index contributed by atoms with van der Waals surface area (Å²) in [5.74, 6) is -1.24. The van der Waals surface area contributed by atoms with E-state index in [2.05, 4.69) is 10.1 Å². The van der Waals surface area contributed by atoms with Crippen LogP contribution in [0.2, 0.25) is 5.02 Å². The smallest absolute Gasteiger partial charge is 0.394 e. The van der Waals surface area contributed by atoms with Crippen molar-refractivity contribution in [3.05, 3.63) is 56.6 Å². The van der Waals surface area contributed by atoms with Crippen LogP contribution in [0.4, 0.5) is 13.2 Å². The van der Waals surface area contributed by atoms with Gasteiger partial charge in [-0.25, -0.2) is 4.52 Å². The molecule has 1 aliphatic rings. The molecular formula is C20H18ClF3N4O3. The second kappa shape index (κ2) is 7.69. The minimum absolute atomic E-state index is 0.113. The highest BCUT2D eigenvalue weighted by Crippen LogP contribution is 2.43. The van der Waals surface area contributed by atoms with E-state index in [0.29, 0.717) is 34.7 Å². The summed E-state index contributed by atoms with van der Waals surface area (Å²) >= 11 is 6.16. The Morgan fingerprint density at radius 2 is 2.13 bits per heavy atom. The van der Waals surface area contributed by atoms with E-state index < -0.39 is 30.3 Å². The third-order valence-electron chi connectivity index (χ3n) is 5.23. The number of nitrogens with zero attached hydrogens (tertiary/aromatic N) is 2. The number of aromatic amines is 1. The van der Waals surface area contributed by atoms with Gasteiger partial charge in [0.05, 0.1) is 18.5 Å². The topological polar surface area (TPSA) is 99.5 Å². The van der Waals surface area contributed by atoms with Gasteiger partial charge in [-0.3, -0.25) is 9.59 Å². The summed E-state index contributed by atoms with van der Waals surface area (Å²) in [5, 5.41) is 15.4. The van der Waals surface area contributed by atoms with E-state index in [1.54, 1.807) is 23.5 Å². The summed E-state index contributed by atoms with van der Waals surface area (Å²) in [5.41, 5.74) is 1.51. The van der Waals surface area contributed by atoms with Gasteiger partial charge >= 0.3 is 6.18 Å². The predicted molar refractivity (Wildman–Crippen MR) is 107 cm³/mol. The summed E-state index contributed by atoms with van der Waals surface area (Å²) in [6.07, 6.45) is -1.94. The average molecular weight is 455 g/mol. The number of aromatic nitrogens is 3. The molecule has 3 N–H and O–H groups in total. The second-order valence-corrected chi connectivity index (χ2v) is 7.95. The number of carbonyl (C=O) groups excluding carboxylic acids is 1. The first kappa shape index (κ1) is 21.4. The molecule has 164 valence electrons. The van der Waals surface area contributed by atoms with E-state index in [-0.39, 0.29) is 17.1 Å². The van der Waals surface area contributed by atoms with Gasteiger partial charge in [0.15, 0.2) is 5.69 Å². The molecule has 0 bridgehead atoms.